The van der Waals surface area contributed by atoms with Gasteiger partial charge in [0.1, 0.15) is 0 Å². The molecule has 0 fully saturated rings. The average molecular weight is 445 g/mol. The molecule has 3 aromatic rings. The highest BCUT2D eigenvalue weighted by atomic mass is 35.5. The third kappa shape index (κ3) is 4.90. The zero-order valence-corrected chi connectivity index (χ0v) is 18.4. The molecule has 2 aromatic carbocycles. The van der Waals surface area contributed by atoms with Crippen molar-refractivity contribution < 1.29 is 4.79 Å². The van der Waals surface area contributed by atoms with E-state index in [1.807, 2.05) is 43.3 Å². The lowest BCUT2D eigenvalue weighted by Crippen LogP contribution is -2.37. The van der Waals surface area contributed by atoms with Crippen molar-refractivity contribution in [3.63, 3.8) is 0 Å². The molecular weight excluding hydrogens is 423 g/mol. The summed E-state index contributed by atoms with van der Waals surface area (Å²) < 4.78 is 1.55. The molecule has 0 saturated heterocycles. The molecule has 3 rings (SSSR count). The maximum atomic E-state index is 12.8. The second-order valence-electron chi connectivity index (χ2n) is 7.10. The van der Waals surface area contributed by atoms with Crippen molar-refractivity contribution in [2.24, 2.45) is 0 Å². The first-order valence-corrected chi connectivity index (χ1v) is 10.1. The Kier molecular flexibility index (Phi) is 6.92. The summed E-state index contributed by atoms with van der Waals surface area (Å²) in [7, 11) is 3.80. The third-order valence-corrected chi connectivity index (χ3v) is 5.33. The molecule has 1 heterocycles. The Balaban J connectivity index is 1.86. The molecule has 1 N–H and O–H groups in total. The molecule has 1 aromatic heterocycles. The fraction of sp³-hybridized carbons (Fsp3) is 0.227. The Hall–Kier alpha value is -2.67. The Morgan fingerprint density at radius 3 is 2.43 bits per heavy atom. The summed E-state index contributed by atoms with van der Waals surface area (Å²) in [5, 5.41) is 8.31. The summed E-state index contributed by atoms with van der Waals surface area (Å²) >= 11 is 12.3. The second-order valence-corrected chi connectivity index (χ2v) is 7.94. The summed E-state index contributed by atoms with van der Waals surface area (Å²) in [6.07, 6.45) is 0. The number of carbonyl (C=O) groups is 1. The van der Waals surface area contributed by atoms with Crippen molar-refractivity contribution in [1.29, 1.82) is 0 Å². The van der Waals surface area contributed by atoms with Gasteiger partial charge in [0, 0.05) is 28.4 Å². The Morgan fingerprint density at radius 1 is 1.13 bits per heavy atom. The number of halogens is 2. The minimum absolute atomic E-state index is 0.161. The van der Waals surface area contributed by atoms with Crippen LogP contribution >= 0.6 is 23.2 Å². The number of nitrogens with one attached hydrogen (secondary N) is 1. The monoisotopic (exact) mass is 444 g/mol. The van der Waals surface area contributed by atoms with Crippen LogP contribution in [0.5, 0.6) is 0 Å². The van der Waals surface area contributed by atoms with Crippen LogP contribution in [0.25, 0.3) is 5.69 Å². The average Bonchev–Trinajstić information content (AvgIpc) is 2.70. The van der Waals surface area contributed by atoms with Gasteiger partial charge in [-0.2, -0.15) is 5.10 Å². The first-order chi connectivity index (χ1) is 14.3. The minimum atomic E-state index is -0.540. The summed E-state index contributed by atoms with van der Waals surface area (Å²) in [4.78, 5) is 27.2. The largest absolute Gasteiger partial charge is 0.349 e. The van der Waals surface area contributed by atoms with Gasteiger partial charge >= 0.3 is 0 Å². The van der Waals surface area contributed by atoms with E-state index in [1.165, 1.54) is 6.07 Å². The lowest BCUT2D eigenvalue weighted by molar-refractivity contribution is 0.0934. The fourth-order valence-electron chi connectivity index (χ4n) is 3.14. The SMILES string of the molecule is Cc1cc(=O)c(C(=O)NCC(c2ccccc2Cl)N(C)C)nn1-c1ccc(Cl)cc1. The van der Waals surface area contributed by atoms with E-state index in [2.05, 4.69) is 10.4 Å². The molecule has 0 aliphatic rings. The molecule has 0 saturated carbocycles. The molecule has 0 radical (unpaired) electrons. The Morgan fingerprint density at radius 2 is 1.80 bits per heavy atom. The lowest BCUT2D eigenvalue weighted by Gasteiger charge is -2.25. The second kappa shape index (κ2) is 9.43. The van der Waals surface area contributed by atoms with Crippen molar-refractivity contribution >= 4 is 29.1 Å². The van der Waals surface area contributed by atoms with Gasteiger partial charge in [-0.3, -0.25) is 9.59 Å². The van der Waals surface area contributed by atoms with Gasteiger partial charge in [-0.25, -0.2) is 4.68 Å². The van der Waals surface area contributed by atoms with Gasteiger partial charge in [0.15, 0.2) is 5.69 Å². The number of nitrogens with zero attached hydrogens (tertiary/aromatic N) is 3. The standard InChI is InChI=1S/C22H22Cl2N4O2/c1-14-12-20(29)21(26-28(14)16-10-8-15(23)9-11-16)22(30)25-13-19(27(2)3)17-6-4-5-7-18(17)24/h4-12,19H,13H2,1-3H3,(H,25,30). The quantitative estimate of drug-likeness (QED) is 0.626. The van der Waals surface area contributed by atoms with Crippen molar-refractivity contribution in [2.45, 2.75) is 13.0 Å². The predicted octanol–water partition coefficient (Wildman–Crippen LogP) is 3.88. The number of hydrogen-bond donors (Lipinski definition) is 1. The third-order valence-electron chi connectivity index (χ3n) is 4.74. The highest BCUT2D eigenvalue weighted by molar-refractivity contribution is 6.31. The van der Waals surface area contributed by atoms with E-state index >= 15 is 0 Å². The molecule has 0 aliphatic heterocycles. The predicted molar refractivity (Wildman–Crippen MR) is 120 cm³/mol. The van der Waals surface area contributed by atoms with Crippen LogP contribution in [0.2, 0.25) is 10.0 Å². The first kappa shape index (κ1) is 22.0. The van der Waals surface area contributed by atoms with Gasteiger partial charge in [-0.05, 0) is 56.9 Å². The molecule has 0 aliphatic carbocycles. The van der Waals surface area contributed by atoms with Crippen molar-refractivity contribution in [1.82, 2.24) is 20.0 Å². The Labute approximate surface area is 185 Å². The number of amides is 1. The maximum absolute atomic E-state index is 12.8. The molecule has 156 valence electrons. The Bertz CT molecular complexity index is 1110. The molecule has 6 nitrogen and oxygen atoms in total. The minimum Gasteiger partial charge on any atom is -0.349 e. The maximum Gasteiger partial charge on any atom is 0.275 e. The van der Waals surface area contributed by atoms with Crippen LogP contribution in [0.15, 0.2) is 59.4 Å². The molecule has 1 atom stereocenters. The molecule has 0 spiro atoms. The van der Waals surface area contributed by atoms with Gasteiger partial charge < -0.3 is 10.2 Å². The molecule has 0 bridgehead atoms. The van der Waals surface area contributed by atoms with Crippen molar-refractivity contribution in [2.75, 3.05) is 20.6 Å². The van der Waals surface area contributed by atoms with Crippen LogP contribution in [0.1, 0.15) is 27.8 Å². The van der Waals surface area contributed by atoms with E-state index in [-0.39, 0.29) is 18.3 Å². The van der Waals surface area contributed by atoms with E-state index < -0.39 is 11.3 Å². The summed E-state index contributed by atoms with van der Waals surface area (Å²) in [5.41, 5.74) is 1.59. The van der Waals surface area contributed by atoms with Gasteiger partial charge in [-0.1, -0.05) is 41.4 Å². The van der Waals surface area contributed by atoms with Gasteiger partial charge in [-0.15, -0.1) is 0 Å². The number of aryl methyl sites for hydroxylation is 1. The summed E-state index contributed by atoms with van der Waals surface area (Å²) in [6.45, 7) is 2.02. The number of likely N-dealkylation sites (N-methyl/N-ethyl adjacent to an activating group) is 1. The number of benzene rings is 2. The molecule has 1 amide bonds. The van der Waals surface area contributed by atoms with Crippen LogP contribution in [0.3, 0.4) is 0 Å². The zero-order chi connectivity index (χ0) is 21.8. The first-order valence-electron chi connectivity index (χ1n) is 9.34. The summed E-state index contributed by atoms with van der Waals surface area (Å²) in [5.74, 6) is -0.540. The van der Waals surface area contributed by atoms with Crippen LogP contribution in [-0.2, 0) is 0 Å². The van der Waals surface area contributed by atoms with Gasteiger partial charge in [0.05, 0.1) is 11.7 Å². The van der Waals surface area contributed by atoms with E-state index in [0.717, 1.165) is 5.56 Å². The molecule has 30 heavy (non-hydrogen) atoms. The highest BCUT2D eigenvalue weighted by Gasteiger charge is 2.20. The van der Waals surface area contributed by atoms with Crippen LogP contribution in [-0.4, -0.2) is 41.2 Å². The smallest absolute Gasteiger partial charge is 0.275 e. The van der Waals surface area contributed by atoms with Crippen LogP contribution in [0.4, 0.5) is 0 Å². The van der Waals surface area contributed by atoms with Gasteiger partial charge in [0.25, 0.3) is 5.91 Å². The summed E-state index contributed by atoms with van der Waals surface area (Å²) in [6, 6.07) is 15.7. The van der Waals surface area contributed by atoms with E-state index in [4.69, 9.17) is 23.2 Å². The van der Waals surface area contributed by atoms with Crippen molar-refractivity contribution in [3.8, 4) is 5.69 Å². The fourth-order valence-corrected chi connectivity index (χ4v) is 3.53. The zero-order valence-electron chi connectivity index (χ0n) is 16.9. The normalized spacial score (nSPS) is 12.1. The van der Waals surface area contributed by atoms with Crippen LogP contribution in [0, 0.1) is 6.92 Å². The molecular formula is C22H22Cl2N4O2. The highest BCUT2D eigenvalue weighted by Crippen LogP contribution is 2.25. The van der Waals surface area contributed by atoms with E-state index in [1.54, 1.807) is 35.9 Å². The topological polar surface area (TPSA) is 67.2 Å². The van der Waals surface area contributed by atoms with Crippen LogP contribution < -0.4 is 10.7 Å². The van der Waals surface area contributed by atoms with E-state index in [9.17, 15) is 9.59 Å². The number of aromatic nitrogens is 2. The number of rotatable bonds is 6. The molecule has 8 heteroatoms. The lowest BCUT2D eigenvalue weighted by atomic mass is 10.1. The van der Waals surface area contributed by atoms with Crippen molar-refractivity contribution in [3.05, 3.63) is 91.8 Å². The number of hydrogen-bond acceptors (Lipinski definition) is 4. The number of carbonyl (C=O) groups excluding carboxylic acids is 1. The molecule has 1 unspecified atom stereocenters. The van der Waals surface area contributed by atoms with Gasteiger partial charge in [0.2, 0.25) is 5.43 Å². The van der Waals surface area contributed by atoms with E-state index in [0.29, 0.717) is 21.4 Å².